The Morgan fingerprint density at radius 2 is 0.909 bits per heavy atom. The van der Waals surface area contributed by atoms with Gasteiger partial charge < -0.3 is 14.7 Å². The number of hydrogen-bond acceptors (Lipinski definition) is 4. The highest BCUT2D eigenvalue weighted by atomic mass is 32.1. The molecular formula is C72H80BN3S. The van der Waals surface area contributed by atoms with Gasteiger partial charge in [-0.25, -0.2) is 0 Å². The van der Waals surface area contributed by atoms with E-state index in [1.807, 2.05) is 23.5 Å². The summed E-state index contributed by atoms with van der Waals surface area (Å²) in [5.74, 6) is 0. The lowest BCUT2D eigenvalue weighted by molar-refractivity contribution is 0.332. The van der Waals surface area contributed by atoms with E-state index in [1.54, 1.807) is 0 Å². The van der Waals surface area contributed by atoms with Crippen LogP contribution in [0.1, 0.15) is 195 Å². The van der Waals surface area contributed by atoms with E-state index < -0.39 is 60.4 Å². The highest BCUT2D eigenvalue weighted by Crippen LogP contribution is 2.56. The minimum Gasteiger partial charge on any atom is -0.311 e. The van der Waals surface area contributed by atoms with Gasteiger partial charge in [-0.2, -0.15) is 0 Å². The van der Waals surface area contributed by atoms with Crippen molar-refractivity contribution < 1.29 is 13.7 Å². The van der Waals surface area contributed by atoms with Crippen LogP contribution in [0.2, 0.25) is 0 Å². The molecule has 3 aliphatic carbocycles. The Morgan fingerprint density at radius 3 is 1.40 bits per heavy atom. The molecule has 0 atom stereocenters. The van der Waals surface area contributed by atoms with Crippen molar-refractivity contribution in [2.45, 2.75) is 180 Å². The zero-order valence-corrected chi connectivity index (χ0v) is 48.9. The summed E-state index contributed by atoms with van der Waals surface area (Å²) in [6.45, 7) is 34.7. The second kappa shape index (κ2) is 16.7. The molecule has 5 heteroatoms. The molecule has 5 aliphatic rings. The van der Waals surface area contributed by atoms with E-state index in [2.05, 4.69) is 180 Å². The summed E-state index contributed by atoms with van der Waals surface area (Å²) in [5, 5.41) is 1.09. The van der Waals surface area contributed by atoms with E-state index in [9.17, 15) is 11.0 Å². The minimum absolute atomic E-state index is 0.0833. The van der Waals surface area contributed by atoms with Gasteiger partial charge in [0.1, 0.15) is 0 Å². The van der Waals surface area contributed by atoms with Gasteiger partial charge in [0.2, 0.25) is 0 Å². The molecule has 7 aromatic carbocycles. The highest BCUT2D eigenvalue weighted by molar-refractivity contribution is 7.33. The Hall–Kier alpha value is -6.04. The Kier molecular flexibility index (Phi) is 8.74. The summed E-state index contributed by atoms with van der Waals surface area (Å²) in [6.07, 6.45) is 6.09. The fourth-order valence-electron chi connectivity index (χ4n) is 14.2. The second-order valence-corrected chi connectivity index (χ2v) is 29.4. The first kappa shape index (κ1) is 40.2. The number of rotatable bonds is 5. The van der Waals surface area contributed by atoms with Crippen molar-refractivity contribution in [3.8, 4) is 0 Å². The van der Waals surface area contributed by atoms with Crippen LogP contribution in [-0.2, 0) is 37.9 Å². The van der Waals surface area contributed by atoms with E-state index in [-0.39, 0.29) is 61.7 Å². The maximum absolute atomic E-state index is 9.75. The van der Waals surface area contributed by atoms with Crippen LogP contribution in [0.4, 0.5) is 51.2 Å². The van der Waals surface area contributed by atoms with Crippen LogP contribution in [-0.4, -0.2) is 6.71 Å². The quantitative estimate of drug-likeness (QED) is 0.159. The van der Waals surface area contributed by atoms with Gasteiger partial charge in [0.25, 0.3) is 6.71 Å². The fourth-order valence-corrected chi connectivity index (χ4v) is 15.5. The number of hydrogen-bond donors (Lipinski definition) is 0. The average Bonchev–Trinajstić information content (AvgIpc) is 1.67. The Labute approximate surface area is 479 Å². The largest absolute Gasteiger partial charge is 0.311 e. The summed E-state index contributed by atoms with van der Waals surface area (Å²) >= 11 is 1.83. The van der Waals surface area contributed by atoms with Crippen molar-refractivity contribution >= 4 is 95.0 Å². The number of anilines is 9. The lowest BCUT2D eigenvalue weighted by Gasteiger charge is -2.48. The van der Waals surface area contributed by atoms with Gasteiger partial charge in [-0.15, -0.1) is 11.3 Å². The molecule has 0 bridgehead atoms. The zero-order valence-electron chi connectivity index (χ0n) is 58.1. The van der Waals surface area contributed by atoms with Gasteiger partial charge >= 0.3 is 0 Å². The van der Waals surface area contributed by atoms with Crippen LogP contribution in [0.5, 0.6) is 0 Å². The highest BCUT2D eigenvalue weighted by Gasteiger charge is 2.49. The third kappa shape index (κ3) is 7.77. The van der Waals surface area contributed by atoms with Crippen molar-refractivity contribution in [1.29, 1.82) is 0 Å². The van der Waals surface area contributed by atoms with Gasteiger partial charge in [0, 0.05) is 54.7 Å². The summed E-state index contributed by atoms with van der Waals surface area (Å²) < 4.78 is 95.7. The first-order valence-corrected chi connectivity index (χ1v) is 29.0. The smallest absolute Gasteiger partial charge is 0.264 e. The summed E-state index contributed by atoms with van der Waals surface area (Å²) in [5.41, 5.74) is 15.1. The third-order valence-electron chi connectivity index (χ3n) is 19.4. The molecule has 2 aliphatic heterocycles. The molecule has 0 fully saturated rings. The normalized spacial score (nSPS) is 21.4. The van der Waals surface area contributed by atoms with Crippen LogP contribution in [0.3, 0.4) is 0 Å². The molecule has 3 nitrogen and oxygen atoms in total. The minimum atomic E-state index is -0.613. The molecule has 0 amide bonds. The summed E-state index contributed by atoms with van der Waals surface area (Å²) in [4.78, 5) is 6.18. The maximum atomic E-state index is 9.75. The number of nitrogens with zero attached hydrogens (tertiary/aromatic N) is 3. The van der Waals surface area contributed by atoms with Crippen molar-refractivity contribution in [2.24, 2.45) is 0 Å². The first-order chi connectivity index (χ1) is 40.4. The molecule has 0 saturated heterocycles. The fraction of sp³-hybridized carbons (Fsp3) is 0.389. The molecule has 77 heavy (non-hydrogen) atoms. The lowest BCUT2D eigenvalue weighted by atomic mass is 9.35. The molecule has 3 heterocycles. The van der Waals surface area contributed by atoms with E-state index in [4.69, 9.17) is 2.74 Å². The van der Waals surface area contributed by atoms with Gasteiger partial charge in [0.15, 0.2) is 0 Å². The van der Waals surface area contributed by atoms with Gasteiger partial charge in [-0.1, -0.05) is 164 Å². The maximum Gasteiger partial charge on any atom is 0.264 e. The molecule has 0 N–H and O–H groups in total. The topological polar surface area (TPSA) is 9.72 Å². The molecule has 1 aromatic heterocycles. The average molecular weight is 1040 g/mol. The standard InChI is InChI=1S/C72H80BN3S/c1-66(2,3)45-26-31-62-51(38-45)64-65(77-62)73-58-43-56-57(72(14,15)37-36-71(56,12)13)44-59(58)75(48-27-29-52-54(39-48)69(8,9)34-32-67(52,4)5)60-41-50(74(46-22-18-16-19-23-46)47-24-20-17-21-25-47)42-61(63(60)73)76(64)49-28-30-53-55(40-49)70(10,11)35-33-68(53,6)7/h16-31,38-44H,32-37H2,1-15H3/i16D,17D,18D,19D,20D,21D,22D,23D,24D,25D. The van der Waals surface area contributed by atoms with Crippen molar-refractivity contribution in [2.75, 3.05) is 14.7 Å². The van der Waals surface area contributed by atoms with Crippen molar-refractivity contribution in [1.82, 2.24) is 0 Å². The van der Waals surface area contributed by atoms with E-state index in [0.717, 1.165) is 88.2 Å². The monoisotopic (exact) mass is 1040 g/mol. The number of para-hydroxylation sites is 2. The first-order valence-electron chi connectivity index (χ1n) is 33.2. The lowest BCUT2D eigenvalue weighted by Crippen LogP contribution is -2.61. The van der Waals surface area contributed by atoms with E-state index in [0.29, 0.717) is 0 Å². The predicted octanol–water partition coefficient (Wildman–Crippen LogP) is 18.8. The Balaban J connectivity index is 1.26. The molecule has 0 unspecified atom stereocenters. The van der Waals surface area contributed by atoms with Crippen LogP contribution in [0.15, 0.2) is 139 Å². The zero-order chi connectivity index (χ0) is 62.8. The summed E-state index contributed by atoms with van der Waals surface area (Å²) in [6, 6.07) is 23.9. The van der Waals surface area contributed by atoms with Crippen LogP contribution in [0.25, 0.3) is 10.1 Å². The van der Waals surface area contributed by atoms with Gasteiger partial charge in [-0.3, -0.25) is 0 Å². The third-order valence-corrected chi connectivity index (χ3v) is 20.6. The number of fused-ring (bicyclic) bond motifs is 9. The van der Waals surface area contributed by atoms with Crippen molar-refractivity contribution in [3.05, 3.63) is 178 Å². The van der Waals surface area contributed by atoms with Crippen LogP contribution in [0, 0.1) is 0 Å². The molecule has 13 rings (SSSR count). The molecular weight excluding hydrogens is 950 g/mol. The molecule has 8 aromatic rings. The molecule has 0 radical (unpaired) electrons. The van der Waals surface area contributed by atoms with Crippen molar-refractivity contribution in [3.63, 3.8) is 0 Å². The van der Waals surface area contributed by atoms with Gasteiger partial charge in [0.05, 0.1) is 25.1 Å². The molecule has 0 spiro atoms. The van der Waals surface area contributed by atoms with Gasteiger partial charge in [-0.05, 0) is 205 Å². The second-order valence-electron chi connectivity index (χ2n) is 28.3. The molecule has 392 valence electrons. The Bertz CT molecular complexity index is 4210. The SMILES string of the molecule is [2H]c1c([2H])c([2H])c(N(c2cc3c4c(c2)N(c2ccc5c(c2)C(C)(C)CCC5(C)C)c2c(sc5ccc(C(C)(C)C)cc25)B4c2cc4c(cc2N3c2ccc3c(c2)C(C)(C)CCC3(C)C)C(C)(C)CCC4(C)C)c2c([2H])c([2H])c([2H])c([2H])c2[2H])c([2H])c1[2H]. The number of thiophene rings is 1. The Morgan fingerprint density at radius 1 is 0.468 bits per heavy atom. The molecule has 0 saturated carbocycles. The van der Waals surface area contributed by atoms with Crippen LogP contribution >= 0.6 is 11.3 Å². The predicted molar refractivity (Wildman–Crippen MR) is 335 cm³/mol. The van der Waals surface area contributed by atoms with Crippen LogP contribution < -0.4 is 30.4 Å². The van der Waals surface area contributed by atoms with E-state index >= 15 is 0 Å². The van der Waals surface area contributed by atoms with E-state index in [1.165, 1.54) is 54.1 Å². The number of benzene rings is 7. The summed E-state index contributed by atoms with van der Waals surface area (Å²) in [7, 11) is 0.